The second-order valence-corrected chi connectivity index (χ2v) is 4.08. The van der Waals surface area contributed by atoms with E-state index in [1.807, 2.05) is 12.4 Å². The molecule has 3 heteroatoms. The van der Waals surface area contributed by atoms with Crippen molar-refractivity contribution in [3.63, 3.8) is 0 Å². The average molecular weight is 190 g/mol. The van der Waals surface area contributed by atoms with Gasteiger partial charge < -0.3 is 4.74 Å². The zero-order chi connectivity index (χ0) is 9.38. The van der Waals surface area contributed by atoms with Crippen molar-refractivity contribution in [3.05, 3.63) is 29.6 Å². The lowest BCUT2D eigenvalue weighted by molar-refractivity contribution is 0.225. The highest BCUT2D eigenvalue weighted by atomic mass is 16.6. The van der Waals surface area contributed by atoms with Gasteiger partial charge in [0.1, 0.15) is 0 Å². The van der Waals surface area contributed by atoms with Gasteiger partial charge in [0.15, 0.2) is 0 Å². The molecule has 14 heavy (non-hydrogen) atoms. The Kier molecular flexibility index (Phi) is 2.00. The maximum Gasteiger partial charge on any atom is 0.0936 e. The van der Waals surface area contributed by atoms with Crippen LogP contribution in [0.5, 0.6) is 0 Å². The maximum absolute atomic E-state index is 5.24. The highest BCUT2D eigenvalue weighted by Gasteiger charge is 2.27. The Morgan fingerprint density at radius 2 is 2.43 bits per heavy atom. The number of hydrogen-bond acceptors (Lipinski definition) is 3. The number of epoxide rings is 1. The molecule has 0 amide bonds. The van der Waals surface area contributed by atoms with Crippen LogP contribution in [0, 0.1) is 0 Å². The first kappa shape index (κ1) is 8.38. The molecule has 1 fully saturated rings. The predicted octanol–water partition coefficient (Wildman–Crippen LogP) is 0.839. The van der Waals surface area contributed by atoms with Crippen LogP contribution in [0.15, 0.2) is 18.5 Å². The van der Waals surface area contributed by atoms with Gasteiger partial charge >= 0.3 is 0 Å². The summed E-state index contributed by atoms with van der Waals surface area (Å²) in [6, 6.07) is 2.14. The van der Waals surface area contributed by atoms with Gasteiger partial charge in [-0.3, -0.25) is 9.88 Å². The van der Waals surface area contributed by atoms with Crippen LogP contribution in [-0.2, 0) is 17.7 Å². The van der Waals surface area contributed by atoms with Crippen LogP contribution >= 0.6 is 0 Å². The van der Waals surface area contributed by atoms with E-state index >= 15 is 0 Å². The summed E-state index contributed by atoms with van der Waals surface area (Å²) in [7, 11) is 0. The van der Waals surface area contributed by atoms with E-state index in [1.54, 1.807) is 0 Å². The molecular formula is C11H14N2O. The van der Waals surface area contributed by atoms with Crippen LogP contribution in [0.1, 0.15) is 11.1 Å². The van der Waals surface area contributed by atoms with Gasteiger partial charge in [0.05, 0.1) is 12.7 Å². The first-order chi connectivity index (χ1) is 6.92. The van der Waals surface area contributed by atoms with Crippen molar-refractivity contribution >= 4 is 0 Å². The highest BCUT2D eigenvalue weighted by Crippen LogP contribution is 2.20. The van der Waals surface area contributed by atoms with Gasteiger partial charge in [-0.2, -0.15) is 0 Å². The van der Waals surface area contributed by atoms with E-state index in [0.717, 1.165) is 32.7 Å². The number of aromatic nitrogens is 1. The van der Waals surface area contributed by atoms with E-state index in [1.165, 1.54) is 11.1 Å². The number of rotatable bonds is 2. The van der Waals surface area contributed by atoms with Gasteiger partial charge in [0.25, 0.3) is 0 Å². The third kappa shape index (κ3) is 1.65. The molecular weight excluding hydrogens is 176 g/mol. The Hall–Kier alpha value is -0.930. The molecule has 74 valence electrons. The Bertz CT molecular complexity index is 336. The molecule has 0 saturated carbocycles. The molecule has 3 rings (SSSR count). The molecule has 3 nitrogen and oxygen atoms in total. The van der Waals surface area contributed by atoms with E-state index in [4.69, 9.17) is 4.74 Å². The normalized spacial score (nSPS) is 25.9. The third-order valence-corrected chi connectivity index (χ3v) is 2.96. The Labute approximate surface area is 83.7 Å². The Morgan fingerprint density at radius 3 is 3.29 bits per heavy atom. The fourth-order valence-electron chi connectivity index (χ4n) is 2.06. The number of ether oxygens (including phenoxy) is 1. The van der Waals surface area contributed by atoms with Crippen molar-refractivity contribution in [1.29, 1.82) is 0 Å². The molecule has 3 heterocycles. The lowest BCUT2D eigenvalue weighted by Gasteiger charge is -2.27. The van der Waals surface area contributed by atoms with Crippen LogP contribution in [0.4, 0.5) is 0 Å². The van der Waals surface area contributed by atoms with Gasteiger partial charge in [-0.25, -0.2) is 0 Å². The summed E-state index contributed by atoms with van der Waals surface area (Å²) < 4.78 is 5.24. The molecule has 1 aromatic heterocycles. The largest absolute Gasteiger partial charge is 0.372 e. The molecule has 0 aromatic carbocycles. The smallest absolute Gasteiger partial charge is 0.0936 e. The van der Waals surface area contributed by atoms with Crippen LogP contribution < -0.4 is 0 Å². The van der Waals surface area contributed by atoms with Gasteiger partial charge in [-0.05, 0) is 23.6 Å². The molecule has 2 aliphatic heterocycles. The summed E-state index contributed by atoms with van der Waals surface area (Å²) >= 11 is 0. The fourth-order valence-corrected chi connectivity index (χ4v) is 2.06. The van der Waals surface area contributed by atoms with Crippen molar-refractivity contribution in [2.24, 2.45) is 0 Å². The molecule has 0 N–H and O–H groups in total. The van der Waals surface area contributed by atoms with Gasteiger partial charge in [-0.1, -0.05) is 0 Å². The van der Waals surface area contributed by atoms with Crippen LogP contribution in [-0.4, -0.2) is 35.7 Å². The Balaban J connectivity index is 1.72. The minimum absolute atomic E-state index is 0.508. The van der Waals surface area contributed by atoms with E-state index in [-0.39, 0.29) is 0 Å². The molecule has 2 aliphatic rings. The van der Waals surface area contributed by atoms with E-state index in [2.05, 4.69) is 16.0 Å². The zero-order valence-electron chi connectivity index (χ0n) is 8.15. The second kappa shape index (κ2) is 3.33. The van der Waals surface area contributed by atoms with Crippen molar-refractivity contribution < 1.29 is 4.74 Å². The number of nitrogens with zero attached hydrogens (tertiary/aromatic N) is 2. The van der Waals surface area contributed by atoms with Crippen LogP contribution in [0.3, 0.4) is 0 Å². The predicted molar refractivity (Wildman–Crippen MR) is 53.0 cm³/mol. The number of pyridine rings is 1. The van der Waals surface area contributed by atoms with Crippen molar-refractivity contribution in [2.45, 2.75) is 19.1 Å². The average Bonchev–Trinajstić information content (AvgIpc) is 3.02. The van der Waals surface area contributed by atoms with Gasteiger partial charge in [0, 0.05) is 32.0 Å². The quantitative estimate of drug-likeness (QED) is 0.647. The molecule has 1 saturated heterocycles. The number of fused-ring (bicyclic) bond motifs is 1. The van der Waals surface area contributed by atoms with Crippen molar-refractivity contribution in [3.8, 4) is 0 Å². The fraction of sp³-hybridized carbons (Fsp3) is 0.545. The topological polar surface area (TPSA) is 28.7 Å². The molecule has 1 atom stereocenters. The summed E-state index contributed by atoms with van der Waals surface area (Å²) in [4.78, 5) is 6.63. The minimum Gasteiger partial charge on any atom is -0.372 e. The third-order valence-electron chi connectivity index (χ3n) is 2.96. The van der Waals surface area contributed by atoms with Crippen molar-refractivity contribution in [1.82, 2.24) is 9.88 Å². The molecule has 0 aliphatic carbocycles. The van der Waals surface area contributed by atoms with Gasteiger partial charge in [0.2, 0.25) is 0 Å². The zero-order valence-corrected chi connectivity index (χ0v) is 8.15. The summed E-state index contributed by atoms with van der Waals surface area (Å²) in [5.41, 5.74) is 2.85. The first-order valence-corrected chi connectivity index (χ1v) is 5.17. The molecule has 0 radical (unpaired) electrons. The molecule has 0 bridgehead atoms. The molecule has 1 aromatic rings. The highest BCUT2D eigenvalue weighted by molar-refractivity contribution is 5.25. The van der Waals surface area contributed by atoms with Gasteiger partial charge in [-0.15, -0.1) is 0 Å². The van der Waals surface area contributed by atoms with E-state index in [0.29, 0.717) is 6.10 Å². The lowest BCUT2D eigenvalue weighted by Crippen LogP contribution is -2.33. The summed E-state index contributed by atoms with van der Waals surface area (Å²) in [6.45, 7) is 4.25. The van der Waals surface area contributed by atoms with E-state index in [9.17, 15) is 0 Å². The monoisotopic (exact) mass is 190 g/mol. The van der Waals surface area contributed by atoms with Crippen LogP contribution in [0.25, 0.3) is 0 Å². The SMILES string of the molecule is c1cc2c(cn1)CN(C[C@@H]1CO1)CC2. The Morgan fingerprint density at radius 1 is 1.50 bits per heavy atom. The maximum atomic E-state index is 5.24. The summed E-state index contributed by atoms with van der Waals surface area (Å²) in [5, 5.41) is 0. The second-order valence-electron chi connectivity index (χ2n) is 4.08. The lowest BCUT2D eigenvalue weighted by atomic mass is 10.0. The first-order valence-electron chi connectivity index (χ1n) is 5.17. The summed E-state index contributed by atoms with van der Waals surface area (Å²) in [5.74, 6) is 0. The summed E-state index contributed by atoms with van der Waals surface area (Å²) in [6.07, 6.45) is 5.55. The van der Waals surface area contributed by atoms with Crippen molar-refractivity contribution in [2.75, 3.05) is 19.7 Å². The number of hydrogen-bond donors (Lipinski definition) is 0. The molecule has 0 spiro atoms. The molecule has 0 unspecified atom stereocenters. The standard InChI is InChI=1S/C11H14N2O/c1-3-12-5-10-6-13(4-2-9(1)10)7-11-8-14-11/h1,3,5,11H,2,4,6-8H2/t11-/m1/s1. The van der Waals surface area contributed by atoms with Crippen LogP contribution in [0.2, 0.25) is 0 Å². The minimum atomic E-state index is 0.508. The van der Waals surface area contributed by atoms with E-state index < -0.39 is 0 Å².